The number of fused-ring (bicyclic) bond motifs is 2. The zero-order valence-corrected chi connectivity index (χ0v) is 9.56. The second-order valence-corrected chi connectivity index (χ2v) is 5.60. The van der Waals surface area contributed by atoms with Crippen LogP contribution in [-0.4, -0.2) is 40.4 Å². The van der Waals surface area contributed by atoms with Crippen LogP contribution in [0.4, 0.5) is 4.79 Å². The smallest absolute Gasteiger partial charge is 0.410 e. The second-order valence-electron chi connectivity index (χ2n) is 5.60. The Kier molecular flexibility index (Phi) is 2.41. The standard InChI is InChI=1S/C11H19NO3/c1-11(2,3)15-10(14)12-6-7-4-8(12)9(13)5-7/h7-9,13H,4-6H2,1-3H3/t7-,8+,9?/m1/s1. The monoisotopic (exact) mass is 213 g/mol. The number of aliphatic hydroxyl groups is 1. The van der Waals surface area contributed by atoms with E-state index in [1.807, 2.05) is 20.8 Å². The Bertz CT molecular complexity index is 271. The number of carbonyl (C=O) groups excluding carboxylic acids is 1. The van der Waals surface area contributed by atoms with E-state index < -0.39 is 5.60 Å². The van der Waals surface area contributed by atoms with Crippen molar-refractivity contribution in [1.29, 1.82) is 0 Å². The third-order valence-electron chi connectivity index (χ3n) is 3.08. The molecule has 0 aromatic rings. The van der Waals surface area contributed by atoms with E-state index in [9.17, 15) is 9.90 Å². The van der Waals surface area contributed by atoms with Crippen molar-refractivity contribution in [2.24, 2.45) is 5.92 Å². The molecule has 1 heterocycles. The Morgan fingerprint density at radius 2 is 2.07 bits per heavy atom. The highest BCUT2D eigenvalue weighted by atomic mass is 16.6. The van der Waals surface area contributed by atoms with E-state index in [1.54, 1.807) is 4.90 Å². The largest absolute Gasteiger partial charge is 0.444 e. The van der Waals surface area contributed by atoms with Crippen molar-refractivity contribution in [3.8, 4) is 0 Å². The summed E-state index contributed by atoms with van der Waals surface area (Å²) in [6.07, 6.45) is 1.13. The lowest BCUT2D eigenvalue weighted by Crippen LogP contribution is -2.46. The SMILES string of the molecule is CC(C)(C)OC(=O)N1C[C@H]2CC(O)[C@@H]1C2. The fraction of sp³-hybridized carbons (Fsp3) is 0.909. The van der Waals surface area contributed by atoms with Gasteiger partial charge in [-0.25, -0.2) is 4.79 Å². The molecule has 15 heavy (non-hydrogen) atoms. The lowest BCUT2D eigenvalue weighted by atomic mass is 10.1. The molecule has 2 rings (SSSR count). The van der Waals surface area contributed by atoms with Gasteiger partial charge in [-0.2, -0.15) is 0 Å². The fourth-order valence-corrected chi connectivity index (χ4v) is 2.52. The Balaban J connectivity index is 1.98. The third-order valence-corrected chi connectivity index (χ3v) is 3.08. The molecule has 1 saturated carbocycles. The van der Waals surface area contributed by atoms with Crippen molar-refractivity contribution in [3.63, 3.8) is 0 Å². The van der Waals surface area contributed by atoms with Crippen LogP contribution in [0, 0.1) is 5.92 Å². The minimum Gasteiger partial charge on any atom is -0.444 e. The molecule has 4 heteroatoms. The van der Waals surface area contributed by atoms with Crippen molar-refractivity contribution in [2.45, 2.75) is 51.4 Å². The first-order valence-electron chi connectivity index (χ1n) is 5.54. The normalized spacial score (nSPS) is 34.7. The number of likely N-dealkylation sites (tertiary alicyclic amines) is 1. The van der Waals surface area contributed by atoms with E-state index in [0.29, 0.717) is 5.92 Å². The molecule has 1 aliphatic carbocycles. The maximum atomic E-state index is 11.8. The highest BCUT2D eigenvalue weighted by molar-refractivity contribution is 5.69. The fourth-order valence-electron chi connectivity index (χ4n) is 2.52. The molecule has 1 amide bonds. The summed E-state index contributed by atoms with van der Waals surface area (Å²) in [6.45, 7) is 6.32. The number of hydrogen-bond acceptors (Lipinski definition) is 3. The number of piperidine rings is 1. The predicted molar refractivity (Wildman–Crippen MR) is 55.5 cm³/mol. The summed E-state index contributed by atoms with van der Waals surface area (Å²) in [7, 11) is 0. The van der Waals surface area contributed by atoms with Crippen LogP contribution in [0.25, 0.3) is 0 Å². The number of nitrogens with zero attached hydrogens (tertiary/aromatic N) is 1. The zero-order valence-electron chi connectivity index (χ0n) is 9.56. The van der Waals surface area contributed by atoms with Crippen LogP contribution in [-0.2, 0) is 4.74 Å². The van der Waals surface area contributed by atoms with E-state index in [1.165, 1.54) is 0 Å². The van der Waals surface area contributed by atoms with Crippen LogP contribution in [0.15, 0.2) is 0 Å². The molecule has 0 radical (unpaired) electrons. The number of amides is 1. The molecule has 0 spiro atoms. The molecule has 3 atom stereocenters. The van der Waals surface area contributed by atoms with E-state index >= 15 is 0 Å². The minimum absolute atomic E-state index is 0.00940. The van der Waals surface area contributed by atoms with Crippen molar-refractivity contribution in [3.05, 3.63) is 0 Å². The first-order valence-corrected chi connectivity index (χ1v) is 5.54. The van der Waals surface area contributed by atoms with Crippen LogP contribution < -0.4 is 0 Å². The van der Waals surface area contributed by atoms with Gasteiger partial charge in [0.15, 0.2) is 0 Å². The Hall–Kier alpha value is -0.770. The lowest BCUT2D eigenvalue weighted by molar-refractivity contribution is -0.00176. The van der Waals surface area contributed by atoms with Crippen LogP contribution in [0.2, 0.25) is 0 Å². The molecule has 1 unspecified atom stereocenters. The molecule has 2 fully saturated rings. The zero-order chi connectivity index (χ0) is 11.2. The number of rotatable bonds is 0. The van der Waals surface area contributed by atoms with Gasteiger partial charge in [-0.05, 0) is 39.5 Å². The highest BCUT2D eigenvalue weighted by Gasteiger charge is 2.47. The van der Waals surface area contributed by atoms with Gasteiger partial charge < -0.3 is 14.7 Å². The molecule has 2 bridgehead atoms. The molecular formula is C11H19NO3. The summed E-state index contributed by atoms with van der Waals surface area (Å²) in [5, 5.41) is 9.69. The number of ether oxygens (including phenoxy) is 1. The molecule has 1 saturated heterocycles. The summed E-state index contributed by atoms with van der Waals surface area (Å²) in [5.74, 6) is 0.470. The van der Waals surface area contributed by atoms with Crippen LogP contribution >= 0.6 is 0 Å². The summed E-state index contributed by atoms with van der Waals surface area (Å²) >= 11 is 0. The van der Waals surface area contributed by atoms with Gasteiger partial charge in [0.1, 0.15) is 5.60 Å². The van der Waals surface area contributed by atoms with Gasteiger partial charge in [-0.15, -0.1) is 0 Å². The maximum Gasteiger partial charge on any atom is 0.410 e. The van der Waals surface area contributed by atoms with E-state index in [2.05, 4.69) is 0 Å². The van der Waals surface area contributed by atoms with Crippen LogP contribution in [0.3, 0.4) is 0 Å². The van der Waals surface area contributed by atoms with Gasteiger partial charge in [0.25, 0.3) is 0 Å². The minimum atomic E-state index is -0.454. The van der Waals surface area contributed by atoms with Gasteiger partial charge in [0.05, 0.1) is 12.1 Å². The topological polar surface area (TPSA) is 49.8 Å². The molecule has 0 aromatic heterocycles. The van der Waals surface area contributed by atoms with Gasteiger partial charge in [0.2, 0.25) is 0 Å². The molecule has 86 valence electrons. The van der Waals surface area contributed by atoms with Gasteiger partial charge in [0, 0.05) is 6.54 Å². The number of hydrogen-bond donors (Lipinski definition) is 1. The van der Waals surface area contributed by atoms with Crippen LogP contribution in [0.5, 0.6) is 0 Å². The molecule has 0 aromatic carbocycles. The summed E-state index contributed by atoms with van der Waals surface area (Å²) in [5.41, 5.74) is -0.454. The van der Waals surface area contributed by atoms with Crippen molar-refractivity contribution in [2.75, 3.05) is 6.54 Å². The van der Waals surface area contributed by atoms with E-state index in [4.69, 9.17) is 4.74 Å². The highest BCUT2D eigenvalue weighted by Crippen LogP contribution is 2.38. The summed E-state index contributed by atoms with van der Waals surface area (Å²) in [6, 6.07) is -0.00940. The predicted octanol–water partition coefficient (Wildman–Crippen LogP) is 1.38. The molecule has 1 N–H and O–H groups in total. The Morgan fingerprint density at radius 1 is 1.40 bits per heavy atom. The van der Waals surface area contributed by atoms with E-state index in [0.717, 1.165) is 19.4 Å². The number of carbonyl (C=O) groups is 1. The quantitative estimate of drug-likeness (QED) is 0.661. The first kappa shape index (κ1) is 10.7. The van der Waals surface area contributed by atoms with Gasteiger partial charge >= 0.3 is 6.09 Å². The van der Waals surface area contributed by atoms with Crippen LogP contribution in [0.1, 0.15) is 33.6 Å². The molecule has 2 aliphatic rings. The average Bonchev–Trinajstić information content (AvgIpc) is 2.58. The average molecular weight is 213 g/mol. The molecular weight excluding hydrogens is 194 g/mol. The molecule has 4 nitrogen and oxygen atoms in total. The van der Waals surface area contributed by atoms with Gasteiger partial charge in [-0.3, -0.25) is 0 Å². The lowest BCUT2D eigenvalue weighted by Gasteiger charge is -2.32. The van der Waals surface area contributed by atoms with Crippen molar-refractivity contribution < 1.29 is 14.6 Å². The Labute approximate surface area is 90.2 Å². The molecule has 1 aliphatic heterocycles. The number of aliphatic hydroxyl groups excluding tert-OH is 1. The summed E-state index contributed by atoms with van der Waals surface area (Å²) < 4.78 is 5.30. The van der Waals surface area contributed by atoms with Crippen molar-refractivity contribution in [1.82, 2.24) is 4.90 Å². The maximum absolute atomic E-state index is 11.8. The first-order chi connectivity index (χ1) is 6.87. The van der Waals surface area contributed by atoms with E-state index in [-0.39, 0.29) is 18.2 Å². The summed E-state index contributed by atoms with van der Waals surface area (Å²) in [4.78, 5) is 13.5. The second kappa shape index (κ2) is 3.37. The van der Waals surface area contributed by atoms with Gasteiger partial charge in [-0.1, -0.05) is 0 Å². The third kappa shape index (κ3) is 2.09. The Morgan fingerprint density at radius 3 is 2.53 bits per heavy atom. The van der Waals surface area contributed by atoms with Crippen molar-refractivity contribution >= 4 is 6.09 Å².